The third kappa shape index (κ3) is 3.64. The van der Waals surface area contributed by atoms with E-state index in [2.05, 4.69) is 0 Å². The summed E-state index contributed by atoms with van der Waals surface area (Å²) in [6.45, 7) is 0. The molecule has 0 aliphatic carbocycles. The Bertz CT molecular complexity index is 363. The Balaban J connectivity index is 2.92. The van der Waals surface area contributed by atoms with E-state index in [1.807, 2.05) is 0 Å². The van der Waals surface area contributed by atoms with Crippen LogP contribution >= 0.6 is 0 Å². The van der Waals surface area contributed by atoms with Gasteiger partial charge in [0, 0.05) is 5.75 Å². The van der Waals surface area contributed by atoms with Gasteiger partial charge < -0.3 is 4.55 Å². The number of halogens is 3. The Morgan fingerprint density at radius 2 is 1.87 bits per heavy atom. The number of hydrogen-bond donors (Lipinski definition) is 0. The van der Waals surface area contributed by atoms with E-state index in [1.165, 1.54) is 18.2 Å². The summed E-state index contributed by atoms with van der Waals surface area (Å²) in [7, 11) is 0. The van der Waals surface area contributed by atoms with Crippen molar-refractivity contribution < 1.29 is 21.9 Å². The average molecular weight is 237 g/mol. The van der Waals surface area contributed by atoms with E-state index < -0.39 is 22.8 Å². The molecule has 0 radical (unpaired) electrons. The zero-order chi connectivity index (χ0) is 11.5. The molecule has 1 rings (SSSR count). The molecule has 84 valence electrons. The molecule has 1 aromatic carbocycles. The molecule has 2 nitrogen and oxygen atoms in total. The molecule has 0 N–H and O–H groups in total. The van der Waals surface area contributed by atoms with Crippen molar-refractivity contribution in [1.82, 2.24) is 0 Å². The Hall–Kier alpha value is -0.880. The second-order valence-electron chi connectivity index (χ2n) is 2.91. The van der Waals surface area contributed by atoms with Gasteiger partial charge in [0.05, 0.1) is 5.56 Å². The third-order valence-corrected chi connectivity index (χ3v) is 2.40. The van der Waals surface area contributed by atoms with Crippen LogP contribution in [0.1, 0.15) is 11.1 Å². The number of benzene rings is 1. The first kappa shape index (κ1) is 12.2. The summed E-state index contributed by atoms with van der Waals surface area (Å²) >= 11 is -2.32. The number of aryl methyl sites for hydroxylation is 1. The standard InChI is InChI=1S/C9H9F3O2S/c10-9(11,12)8-4-2-1-3-7(8)5-6-15(13)14/h1-4H,5-6H2,(H,13,14)/p-1. The SMILES string of the molecule is O=S([O-])CCc1ccccc1C(F)(F)F. The minimum Gasteiger partial charge on any atom is -0.772 e. The van der Waals surface area contributed by atoms with Crippen LogP contribution in [0.4, 0.5) is 13.2 Å². The van der Waals surface area contributed by atoms with Gasteiger partial charge in [-0.2, -0.15) is 13.2 Å². The molecule has 6 heteroatoms. The third-order valence-electron chi connectivity index (χ3n) is 1.86. The molecule has 0 aliphatic rings. The van der Waals surface area contributed by atoms with Crippen LogP contribution in [-0.2, 0) is 23.7 Å². The molecule has 0 saturated heterocycles. The molecular formula is C9H8F3O2S-. The summed E-state index contributed by atoms with van der Waals surface area (Å²) in [4.78, 5) is 0. The fourth-order valence-electron chi connectivity index (χ4n) is 1.21. The van der Waals surface area contributed by atoms with Crippen molar-refractivity contribution in [3.05, 3.63) is 35.4 Å². The van der Waals surface area contributed by atoms with Crippen LogP contribution in [0, 0.1) is 0 Å². The van der Waals surface area contributed by atoms with Crippen LogP contribution in [0.3, 0.4) is 0 Å². The molecule has 0 fully saturated rings. The molecule has 0 aromatic heterocycles. The fourth-order valence-corrected chi connectivity index (χ4v) is 1.59. The van der Waals surface area contributed by atoms with Crippen molar-refractivity contribution in [1.29, 1.82) is 0 Å². The summed E-state index contributed by atoms with van der Waals surface area (Å²) in [6, 6.07) is 4.97. The summed E-state index contributed by atoms with van der Waals surface area (Å²) < 4.78 is 57.8. The van der Waals surface area contributed by atoms with Crippen molar-refractivity contribution in [3.63, 3.8) is 0 Å². The van der Waals surface area contributed by atoms with Crippen LogP contribution in [0.25, 0.3) is 0 Å². The number of rotatable bonds is 3. The van der Waals surface area contributed by atoms with Gasteiger partial charge in [-0.3, -0.25) is 4.21 Å². The lowest BCUT2D eigenvalue weighted by Crippen LogP contribution is -2.11. The van der Waals surface area contributed by atoms with Gasteiger partial charge in [-0.25, -0.2) is 0 Å². The maximum atomic E-state index is 12.4. The average Bonchev–Trinajstić information content (AvgIpc) is 2.13. The van der Waals surface area contributed by atoms with Gasteiger partial charge in [-0.1, -0.05) is 29.3 Å². The lowest BCUT2D eigenvalue weighted by Gasteiger charge is -2.12. The molecule has 0 amide bonds. The highest BCUT2D eigenvalue weighted by atomic mass is 32.2. The quantitative estimate of drug-likeness (QED) is 0.755. The first-order valence-electron chi connectivity index (χ1n) is 4.12. The molecule has 0 spiro atoms. The Kier molecular flexibility index (Phi) is 3.87. The van der Waals surface area contributed by atoms with Crippen LogP contribution in [0.15, 0.2) is 24.3 Å². The lowest BCUT2D eigenvalue weighted by atomic mass is 10.1. The zero-order valence-electron chi connectivity index (χ0n) is 7.58. The van der Waals surface area contributed by atoms with Gasteiger partial charge in [-0.05, 0) is 18.1 Å². The normalized spacial score (nSPS) is 13.9. The van der Waals surface area contributed by atoms with E-state index in [-0.39, 0.29) is 17.7 Å². The van der Waals surface area contributed by atoms with E-state index in [0.717, 1.165) is 6.07 Å². The van der Waals surface area contributed by atoms with Gasteiger partial charge in [0.2, 0.25) is 0 Å². The van der Waals surface area contributed by atoms with Crippen molar-refractivity contribution in [3.8, 4) is 0 Å². The summed E-state index contributed by atoms with van der Waals surface area (Å²) in [5, 5.41) is 0. The predicted octanol–water partition coefficient (Wildman–Crippen LogP) is 2.13. The van der Waals surface area contributed by atoms with Gasteiger partial charge in [-0.15, -0.1) is 0 Å². The monoisotopic (exact) mass is 237 g/mol. The smallest absolute Gasteiger partial charge is 0.416 e. The van der Waals surface area contributed by atoms with Crippen LogP contribution in [0.5, 0.6) is 0 Å². The molecule has 1 aromatic rings. The summed E-state index contributed by atoms with van der Waals surface area (Å²) in [6.07, 6.45) is -4.55. The molecule has 0 saturated carbocycles. The maximum absolute atomic E-state index is 12.4. The van der Waals surface area contributed by atoms with Gasteiger partial charge >= 0.3 is 6.18 Å². The summed E-state index contributed by atoms with van der Waals surface area (Å²) in [5.74, 6) is -0.299. The number of alkyl halides is 3. The topological polar surface area (TPSA) is 40.1 Å². The van der Waals surface area contributed by atoms with Crippen molar-refractivity contribution in [2.24, 2.45) is 0 Å². The van der Waals surface area contributed by atoms with E-state index in [0.29, 0.717) is 0 Å². The fraction of sp³-hybridized carbons (Fsp3) is 0.333. The first-order valence-corrected chi connectivity index (χ1v) is 5.36. The summed E-state index contributed by atoms with van der Waals surface area (Å²) in [5.41, 5.74) is -0.760. The van der Waals surface area contributed by atoms with Crippen LogP contribution < -0.4 is 0 Å². The van der Waals surface area contributed by atoms with E-state index >= 15 is 0 Å². The highest BCUT2D eigenvalue weighted by Gasteiger charge is 2.32. The van der Waals surface area contributed by atoms with Gasteiger partial charge in [0.25, 0.3) is 0 Å². The van der Waals surface area contributed by atoms with E-state index in [9.17, 15) is 21.9 Å². The molecule has 0 aliphatic heterocycles. The molecule has 15 heavy (non-hydrogen) atoms. The van der Waals surface area contributed by atoms with E-state index in [1.54, 1.807) is 0 Å². The highest BCUT2D eigenvalue weighted by Crippen LogP contribution is 2.31. The van der Waals surface area contributed by atoms with E-state index in [4.69, 9.17) is 0 Å². The molecule has 1 unspecified atom stereocenters. The van der Waals surface area contributed by atoms with Gasteiger partial charge in [0.1, 0.15) is 0 Å². The molecule has 1 atom stereocenters. The Labute approximate surface area is 87.4 Å². The second kappa shape index (κ2) is 4.76. The number of hydrogen-bond acceptors (Lipinski definition) is 2. The molecule has 0 heterocycles. The van der Waals surface area contributed by atoms with Crippen molar-refractivity contribution >= 4 is 11.1 Å². The van der Waals surface area contributed by atoms with Crippen molar-refractivity contribution in [2.45, 2.75) is 12.6 Å². The van der Waals surface area contributed by atoms with Crippen LogP contribution in [0.2, 0.25) is 0 Å². The highest BCUT2D eigenvalue weighted by molar-refractivity contribution is 7.79. The van der Waals surface area contributed by atoms with Gasteiger partial charge in [0.15, 0.2) is 0 Å². The largest absolute Gasteiger partial charge is 0.772 e. The van der Waals surface area contributed by atoms with Crippen LogP contribution in [-0.4, -0.2) is 14.5 Å². The lowest BCUT2D eigenvalue weighted by molar-refractivity contribution is -0.138. The predicted molar refractivity (Wildman–Crippen MR) is 48.9 cm³/mol. The first-order chi connectivity index (χ1) is 6.91. The van der Waals surface area contributed by atoms with Crippen molar-refractivity contribution in [2.75, 3.05) is 5.75 Å². The zero-order valence-corrected chi connectivity index (χ0v) is 8.40. The molecular weight excluding hydrogens is 229 g/mol. The Morgan fingerprint density at radius 1 is 1.27 bits per heavy atom. The minimum atomic E-state index is -4.43. The Morgan fingerprint density at radius 3 is 2.40 bits per heavy atom. The maximum Gasteiger partial charge on any atom is 0.416 e. The second-order valence-corrected chi connectivity index (χ2v) is 3.93. The molecule has 0 bridgehead atoms. The minimum absolute atomic E-state index is 0.00852.